The lowest BCUT2D eigenvalue weighted by Gasteiger charge is -2.17. The molecule has 0 atom stereocenters. The molecule has 0 aromatic carbocycles. The first kappa shape index (κ1) is 12.7. The molecule has 5 nitrogen and oxygen atoms in total. The van der Waals surface area contributed by atoms with Crippen molar-refractivity contribution >= 4 is 5.78 Å². The lowest BCUT2D eigenvalue weighted by atomic mass is 9.97. The molecule has 1 rings (SSSR count). The van der Waals surface area contributed by atoms with E-state index in [1.807, 2.05) is 20.8 Å². The van der Waals surface area contributed by atoms with Gasteiger partial charge in [0, 0.05) is 18.5 Å². The maximum absolute atomic E-state index is 12.1. The van der Waals surface area contributed by atoms with E-state index in [4.69, 9.17) is 10.5 Å². The molecule has 0 fully saturated rings. The van der Waals surface area contributed by atoms with Crippen molar-refractivity contribution < 1.29 is 9.53 Å². The molecule has 0 spiro atoms. The second-order valence-corrected chi connectivity index (χ2v) is 4.47. The van der Waals surface area contributed by atoms with Gasteiger partial charge in [-0.05, 0) is 20.8 Å². The largest absolute Gasteiger partial charge is 0.493 e. The molecule has 0 unspecified atom stereocenters. The monoisotopic (exact) mass is 225 g/mol. The van der Waals surface area contributed by atoms with Gasteiger partial charge in [0.1, 0.15) is 5.69 Å². The topological polar surface area (TPSA) is 70.1 Å². The molecule has 90 valence electrons. The van der Waals surface area contributed by atoms with Crippen LogP contribution in [0, 0.1) is 0 Å². The normalized spacial score (nSPS) is 11.6. The highest BCUT2D eigenvalue weighted by Crippen LogP contribution is 2.21. The Kier molecular flexibility index (Phi) is 3.70. The molecule has 16 heavy (non-hydrogen) atoms. The maximum atomic E-state index is 12.1. The van der Waals surface area contributed by atoms with Crippen molar-refractivity contribution in [3.05, 3.63) is 11.9 Å². The minimum absolute atomic E-state index is 0.0382. The number of carbonyl (C=O) groups excluding carboxylic acids is 1. The summed E-state index contributed by atoms with van der Waals surface area (Å²) < 4.78 is 6.75. The Balaban J connectivity index is 3.01. The third-order valence-corrected chi connectivity index (χ3v) is 2.21. The van der Waals surface area contributed by atoms with E-state index in [1.165, 1.54) is 7.11 Å². The number of ether oxygens (including phenoxy) is 1. The number of Topliss-reactive ketones (excluding diaryl/α,β-unsaturated/α-hetero) is 1. The number of nitrogens with two attached hydrogens (primary N) is 1. The van der Waals surface area contributed by atoms with Gasteiger partial charge >= 0.3 is 0 Å². The molecule has 0 aliphatic rings. The zero-order valence-corrected chi connectivity index (χ0v) is 10.3. The summed E-state index contributed by atoms with van der Waals surface area (Å²) in [6, 6.07) is 0. The van der Waals surface area contributed by atoms with Crippen LogP contribution >= 0.6 is 0 Å². The number of hydrogen-bond donors (Lipinski definition) is 1. The summed E-state index contributed by atoms with van der Waals surface area (Å²) in [5, 5.41) is 4.09. The Morgan fingerprint density at radius 3 is 2.69 bits per heavy atom. The summed E-state index contributed by atoms with van der Waals surface area (Å²) in [5.74, 6) is 0.472. The highest BCUT2D eigenvalue weighted by molar-refractivity contribution is 5.97. The number of rotatable bonds is 5. The van der Waals surface area contributed by atoms with Gasteiger partial charge in [0.05, 0.1) is 13.3 Å². The minimum Gasteiger partial charge on any atom is -0.493 e. The van der Waals surface area contributed by atoms with Gasteiger partial charge in [-0.1, -0.05) is 0 Å². The highest BCUT2D eigenvalue weighted by atomic mass is 16.5. The molecular formula is C11H19N3O2. The van der Waals surface area contributed by atoms with Crippen LogP contribution < -0.4 is 10.5 Å². The first-order valence-electron chi connectivity index (χ1n) is 5.31. The average molecular weight is 225 g/mol. The van der Waals surface area contributed by atoms with E-state index in [9.17, 15) is 4.79 Å². The van der Waals surface area contributed by atoms with Gasteiger partial charge in [0.2, 0.25) is 0 Å². The first-order valence-corrected chi connectivity index (χ1v) is 5.31. The molecule has 0 saturated carbocycles. The minimum atomic E-state index is -0.523. The average Bonchev–Trinajstić information content (AvgIpc) is 2.57. The first-order chi connectivity index (χ1) is 7.39. The number of carbonyl (C=O) groups is 1. The van der Waals surface area contributed by atoms with Gasteiger partial charge in [-0.2, -0.15) is 5.10 Å². The molecule has 1 heterocycles. The Morgan fingerprint density at radius 1 is 1.62 bits per heavy atom. The molecule has 5 heteroatoms. The molecule has 0 radical (unpaired) electrons. The lowest BCUT2D eigenvalue weighted by molar-refractivity contribution is 0.0946. The second-order valence-electron chi connectivity index (χ2n) is 4.47. The van der Waals surface area contributed by atoms with E-state index < -0.39 is 5.54 Å². The van der Waals surface area contributed by atoms with Gasteiger partial charge in [-0.15, -0.1) is 0 Å². The van der Waals surface area contributed by atoms with Crippen molar-refractivity contribution in [2.24, 2.45) is 5.73 Å². The predicted molar refractivity (Wildman–Crippen MR) is 61.7 cm³/mol. The maximum Gasteiger partial charge on any atom is 0.186 e. The van der Waals surface area contributed by atoms with Crippen LogP contribution in [0.4, 0.5) is 0 Å². The van der Waals surface area contributed by atoms with Gasteiger partial charge in [0.15, 0.2) is 11.5 Å². The van der Waals surface area contributed by atoms with Gasteiger partial charge in [0.25, 0.3) is 0 Å². The standard InChI is InChI=1S/C11H19N3O2/c1-5-14-10(9(16-4)7-13-14)8(15)6-11(2,3)12/h7H,5-6,12H2,1-4H3. The molecular weight excluding hydrogens is 206 g/mol. The third kappa shape index (κ3) is 2.82. The summed E-state index contributed by atoms with van der Waals surface area (Å²) >= 11 is 0. The van der Waals surface area contributed by atoms with Crippen LogP contribution in [0.2, 0.25) is 0 Å². The molecule has 0 saturated heterocycles. The van der Waals surface area contributed by atoms with E-state index in [1.54, 1.807) is 10.9 Å². The quantitative estimate of drug-likeness (QED) is 0.765. The van der Waals surface area contributed by atoms with Crippen LogP contribution in [-0.4, -0.2) is 28.2 Å². The van der Waals surface area contributed by atoms with Gasteiger partial charge in [-0.25, -0.2) is 0 Å². The fourth-order valence-electron chi connectivity index (χ4n) is 1.54. The number of aromatic nitrogens is 2. The van der Waals surface area contributed by atoms with Crippen LogP contribution in [0.3, 0.4) is 0 Å². The van der Waals surface area contributed by atoms with Crippen LogP contribution in [-0.2, 0) is 6.54 Å². The predicted octanol–water partition coefficient (Wildman–Crippen LogP) is 1.22. The molecule has 0 bridgehead atoms. The highest BCUT2D eigenvalue weighted by Gasteiger charge is 2.24. The third-order valence-electron chi connectivity index (χ3n) is 2.21. The fourth-order valence-corrected chi connectivity index (χ4v) is 1.54. The van der Waals surface area contributed by atoms with Crippen molar-refractivity contribution in [1.29, 1.82) is 0 Å². The number of aryl methyl sites for hydroxylation is 1. The summed E-state index contributed by atoms with van der Waals surface area (Å²) in [6.45, 7) is 6.21. The summed E-state index contributed by atoms with van der Waals surface area (Å²) in [5.41, 5.74) is 5.81. The van der Waals surface area contributed by atoms with E-state index >= 15 is 0 Å². The molecule has 1 aromatic rings. The van der Waals surface area contributed by atoms with E-state index in [-0.39, 0.29) is 12.2 Å². The van der Waals surface area contributed by atoms with Crippen molar-refractivity contribution in [2.45, 2.75) is 39.3 Å². The summed E-state index contributed by atoms with van der Waals surface area (Å²) in [4.78, 5) is 12.1. The molecule has 0 aliphatic carbocycles. The van der Waals surface area contributed by atoms with Crippen LogP contribution in [0.1, 0.15) is 37.7 Å². The lowest BCUT2D eigenvalue weighted by Crippen LogP contribution is -2.35. The smallest absolute Gasteiger partial charge is 0.186 e. The van der Waals surface area contributed by atoms with E-state index in [0.717, 1.165) is 0 Å². The summed E-state index contributed by atoms with van der Waals surface area (Å²) in [7, 11) is 1.53. The summed E-state index contributed by atoms with van der Waals surface area (Å²) in [6.07, 6.45) is 1.83. The SMILES string of the molecule is CCn1ncc(OC)c1C(=O)CC(C)(C)N. The van der Waals surface area contributed by atoms with Gasteiger partial charge in [-0.3, -0.25) is 9.48 Å². The Labute approximate surface area is 95.6 Å². The van der Waals surface area contributed by atoms with Crippen molar-refractivity contribution in [3.8, 4) is 5.75 Å². The Hall–Kier alpha value is -1.36. The van der Waals surface area contributed by atoms with Crippen LogP contribution in [0.5, 0.6) is 5.75 Å². The van der Waals surface area contributed by atoms with E-state index in [0.29, 0.717) is 18.0 Å². The number of methoxy groups -OCH3 is 1. The number of ketones is 1. The second kappa shape index (κ2) is 4.65. The number of nitrogens with zero attached hydrogens (tertiary/aromatic N) is 2. The fraction of sp³-hybridized carbons (Fsp3) is 0.636. The molecule has 0 amide bonds. The molecule has 2 N–H and O–H groups in total. The van der Waals surface area contributed by atoms with Crippen molar-refractivity contribution in [1.82, 2.24) is 9.78 Å². The Bertz CT molecular complexity index is 356. The van der Waals surface area contributed by atoms with Gasteiger partial charge < -0.3 is 10.5 Å². The number of hydrogen-bond acceptors (Lipinski definition) is 4. The van der Waals surface area contributed by atoms with Crippen molar-refractivity contribution in [2.75, 3.05) is 7.11 Å². The van der Waals surface area contributed by atoms with Crippen LogP contribution in [0.25, 0.3) is 0 Å². The zero-order chi connectivity index (χ0) is 12.3. The van der Waals surface area contributed by atoms with E-state index in [2.05, 4.69) is 5.10 Å². The van der Waals surface area contributed by atoms with Crippen LogP contribution in [0.15, 0.2) is 6.20 Å². The Morgan fingerprint density at radius 2 is 2.25 bits per heavy atom. The zero-order valence-electron chi connectivity index (χ0n) is 10.3. The molecule has 0 aliphatic heterocycles. The van der Waals surface area contributed by atoms with Crippen molar-refractivity contribution in [3.63, 3.8) is 0 Å². The molecule has 1 aromatic heterocycles.